The van der Waals surface area contributed by atoms with Gasteiger partial charge in [-0.3, -0.25) is 4.79 Å². The monoisotopic (exact) mass is 294 g/mol. The molecule has 1 heterocycles. The van der Waals surface area contributed by atoms with Gasteiger partial charge in [0.25, 0.3) is 0 Å². The second kappa shape index (κ2) is 6.32. The molecule has 1 aliphatic heterocycles. The normalized spacial score (nSPS) is 23.9. The number of phenolic OH excluding ortho intramolecular Hbond substituents is 2. The number of hydrogen-bond acceptors (Lipinski definition) is 5. The molecule has 0 saturated carbocycles. The summed E-state index contributed by atoms with van der Waals surface area (Å²) in [6, 6.07) is 3.72. The van der Waals surface area contributed by atoms with Gasteiger partial charge in [-0.2, -0.15) is 0 Å². The molecule has 2 rings (SSSR count). The first-order valence-electron chi connectivity index (χ1n) is 7.11. The number of aliphatic hydroxyl groups is 1. The largest absolute Gasteiger partial charge is 0.504 e. The van der Waals surface area contributed by atoms with Gasteiger partial charge in [-0.15, -0.1) is 0 Å². The molecule has 3 atom stereocenters. The maximum Gasteiger partial charge on any atom is 0.239 e. The molecule has 0 radical (unpaired) electrons. The Morgan fingerprint density at radius 1 is 1.43 bits per heavy atom. The lowest BCUT2D eigenvalue weighted by Crippen LogP contribution is -2.51. The Hall–Kier alpha value is -1.79. The van der Waals surface area contributed by atoms with E-state index in [9.17, 15) is 20.1 Å². The van der Waals surface area contributed by atoms with Crippen LogP contribution in [0.2, 0.25) is 0 Å². The zero-order valence-corrected chi connectivity index (χ0v) is 12.1. The third-order valence-electron chi connectivity index (χ3n) is 3.98. The third-order valence-corrected chi connectivity index (χ3v) is 3.98. The van der Waals surface area contributed by atoms with Gasteiger partial charge in [0.05, 0.1) is 12.1 Å². The van der Waals surface area contributed by atoms with Crippen LogP contribution in [0.3, 0.4) is 0 Å². The summed E-state index contributed by atoms with van der Waals surface area (Å²) in [6.45, 7) is 2.93. The Morgan fingerprint density at radius 3 is 2.76 bits per heavy atom. The Kier molecular flexibility index (Phi) is 4.69. The van der Waals surface area contributed by atoms with Gasteiger partial charge in [0, 0.05) is 13.1 Å². The van der Waals surface area contributed by atoms with Crippen LogP contribution < -0.4 is 5.73 Å². The summed E-state index contributed by atoms with van der Waals surface area (Å²) in [5.74, 6) is -0.520. The lowest BCUT2D eigenvalue weighted by molar-refractivity contribution is -0.136. The van der Waals surface area contributed by atoms with Gasteiger partial charge in [0.2, 0.25) is 5.91 Å². The zero-order chi connectivity index (χ0) is 15.6. The van der Waals surface area contributed by atoms with Crippen molar-refractivity contribution >= 4 is 5.91 Å². The molecule has 0 bridgehead atoms. The first-order valence-corrected chi connectivity index (χ1v) is 7.11. The molecule has 1 aliphatic rings. The minimum atomic E-state index is -0.698. The molecule has 0 aromatic heterocycles. The Bertz CT molecular complexity index is 520. The third kappa shape index (κ3) is 3.65. The maximum absolute atomic E-state index is 12.3. The van der Waals surface area contributed by atoms with Crippen molar-refractivity contribution in [2.75, 3.05) is 13.1 Å². The molecule has 116 valence electrons. The number of carbonyl (C=O) groups is 1. The number of carbonyl (C=O) groups excluding carboxylic acids is 1. The quantitative estimate of drug-likeness (QED) is 0.596. The molecule has 0 aliphatic carbocycles. The van der Waals surface area contributed by atoms with Gasteiger partial charge in [-0.1, -0.05) is 13.0 Å². The summed E-state index contributed by atoms with van der Waals surface area (Å²) >= 11 is 0. The molecular formula is C15H22N2O4. The highest BCUT2D eigenvalue weighted by molar-refractivity contribution is 5.82. The van der Waals surface area contributed by atoms with Crippen molar-refractivity contribution < 1.29 is 20.1 Å². The molecule has 1 aromatic rings. The number of nitrogens with zero attached hydrogens (tertiary/aromatic N) is 1. The summed E-state index contributed by atoms with van der Waals surface area (Å²) in [4.78, 5) is 14.0. The van der Waals surface area contributed by atoms with E-state index < -0.39 is 6.04 Å². The minimum absolute atomic E-state index is 0.0487. The molecule has 0 spiro atoms. The van der Waals surface area contributed by atoms with E-state index in [1.807, 2.05) is 6.92 Å². The van der Waals surface area contributed by atoms with E-state index in [0.29, 0.717) is 31.5 Å². The van der Waals surface area contributed by atoms with Crippen LogP contribution in [-0.4, -0.2) is 51.4 Å². The van der Waals surface area contributed by atoms with Crippen molar-refractivity contribution in [1.82, 2.24) is 4.90 Å². The second-order valence-electron chi connectivity index (χ2n) is 5.75. The summed E-state index contributed by atoms with van der Waals surface area (Å²) in [5.41, 5.74) is 6.64. The molecular weight excluding hydrogens is 272 g/mol. The zero-order valence-electron chi connectivity index (χ0n) is 12.1. The van der Waals surface area contributed by atoms with Crippen LogP contribution in [0.1, 0.15) is 18.9 Å². The van der Waals surface area contributed by atoms with E-state index in [-0.39, 0.29) is 29.4 Å². The van der Waals surface area contributed by atoms with E-state index in [1.54, 1.807) is 11.0 Å². The number of aliphatic hydroxyl groups excluding tert-OH is 1. The van der Waals surface area contributed by atoms with Crippen molar-refractivity contribution in [3.05, 3.63) is 23.8 Å². The van der Waals surface area contributed by atoms with Crippen LogP contribution >= 0.6 is 0 Å². The first-order chi connectivity index (χ1) is 9.88. The predicted octanol–water partition coefficient (Wildman–Crippen LogP) is 0.197. The Balaban J connectivity index is 1.97. The molecule has 1 saturated heterocycles. The maximum atomic E-state index is 12.3. The number of hydrogen-bond donors (Lipinski definition) is 4. The topological polar surface area (TPSA) is 107 Å². The summed E-state index contributed by atoms with van der Waals surface area (Å²) in [7, 11) is 0. The van der Waals surface area contributed by atoms with E-state index in [2.05, 4.69) is 0 Å². The SMILES string of the molecule is CC1CN(C(=O)[C@@H](N)Cc2ccc(O)c(O)c2)CCC1O. The van der Waals surface area contributed by atoms with Crippen molar-refractivity contribution in [3.63, 3.8) is 0 Å². The molecule has 1 fully saturated rings. The van der Waals surface area contributed by atoms with Crippen molar-refractivity contribution in [2.24, 2.45) is 11.7 Å². The van der Waals surface area contributed by atoms with Crippen LogP contribution in [0.25, 0.3) is 0 Å². The average Bonchev–Trinajstić information content (AvgIpc) is 2.45. The number of amides is 1. The number of likely N-dealkylation sites (tertiary alicyclic amines) is 1. The smallest absolute Gasteiger partial charge is 0.239 e. The summed E-state index contributed by atoms with van der Waals surface area (Å²) in [5, 5.41) is 28.4. The number of aromatic hydroxyl groups is 2. The van der Waals surface area contributed by atoms with Crippen LogP contribution in [0, 0.1) is 5.92 Å². The summed E-state index contributed by atoms with van der Waals surface area (Å²) < 4.78 is 0. The average molecular weight is 294 g/mol. The number of rotatable bonds is 3. The molecule has 2 unspecified atom stereocenters. The van der Waals surface area contributed by atoms with Gasteiger partial charge >= 0.3 is 0 Å². The molecule has 6 nitrogen and oxygen atoms in total. The number of nitrogens with two attached hydrogens (primary N) is 1. The van der Waals surface area contributed by atoms with Crippen molar-refractivity contribution in [3.8, 4) is 11.5 Å². The minimum Gasteiger partial charge on any atom is -0.504 e. The Labute approximate surface area is 123 Å². The summed E-state index contributed by atoms with van der Waals surface area (Å²) in [6.07, 6.45) is 0.499. The van der Waals surface area contributed by atoms with Crippen LogP contribution in [0.15, 0.2) is 18.2 Å². The molecule has 6 heteroatoms. The van der Waals surface area contributed by atoms with Gasteiger partial charge in [0.1, 0.15) is 0 Å². The van der Waals surface area contributed by atoms with Crippen LogP contribution in [0.5, 0.6) is 11.5 Å². The fraction of sp³-hybridized carbons (Fsp3) is 0.533. The van der Waals surface area contributed by atoms with Crippen LogP contribution in [-0.2, 0) is 11.2 Å². The lowest BCUT2D eigenvalue weighted by atomic mass is 9.95. The first kappa shape index (κ1) is 15.6. The van der Waals surface area contributed by atoms with Gasteiger partial charge in [-0.25, -0.2) is 0 Å². The van der Waals surface area contributed by atoms with E-state index in [0.717, 1.165) is 0 Å². The van der Waals surface area contributed by atoms with E-state index in [1.165, 1.54) is 12.1 Å². The van der Waals surface area contributed by atoms with Crippen molar-refractivity contribution in [2.45, 2.75) is 31.9 Å². The van der Waals surface area contributed by atoms with Crippen LogP contribution in [0.4, 0.5) is 0 Å². The molecule has 21 heavy (non-hydrogen) atoms. The van der Waals surface area contributed by atoms with Gasteiger partial charge in [-0.05, 0) is 36.5 Å². The number of piperidine rings is 1. The second-order valence-corrected chi connectivity index (χ2v) is 5.75. The van der Waals surface area contributed by atoms with Gasteiger partial charge < -0.3 is 26.0 Å². The predicted molar refractivity (Wildman–Crippen MR) is 77.8 cm³/mol. The van der Waals surface area contributed by atoms with E-state index >= 15 is 0 Å². The van der Waals surface area contributed by atoms with Gasteiger partial charge in [0.15, 0.2) is 11.5 Å². The highest BCUT2D eigenvalue weighted by atomic mass is 16.3. The van der Waals surface area contributed by atoms with E-state index in [4.69, 9.17) is 5.73 Å². The van der Waals surface area contributed by atoms with Crippen molar-refractivity contribution in [1.29, 1.82) is 0 Å². The Morgan fingerprint density at radius 2 is 2.14 bits per heavy atom. The highest BCUT2D eigenvalue weighted by Crippen LogP contribution is 2.25. The fourth-order valence-electron chi connectivity index (χ4n) is 2.61. The lowest BCUT2D eigenvalue weighted by Gasteiger charge is -2.35. The standard InChI is InChI=1S/C15H22N2O4/c1-9-8-17(5-4-12(9)18)15(21)11(16)6-10-2-3-13(19)14(20)7-10/h2-3,7,9,11-12,18-20H,4-6,8,16H2,1H3/t9?,11-,12?/m0/s1. The molecule has 1 aromatic carbocycles. The molecule has 1 amide bonds. The number of benzene rings is 1. The highest BCUT2D eigenvalue weighted by Gasteiger charge is 2.29. The fourth-order valence-corrected chi connectivity index (χ4v) is 2.61. The molecule has 5 N–H and O–H groups in total. The number of phenols is 2.